The molecule has 0 aliphatic carbocycles. The molecule has 0 spiro atoms. The van der Waals surface area contributed by atoms with Crippen molar-refractivity contribution in [2.24, 2.45) is 0 Å². The standard InChI is InChI=1S/C14H13ClN2O4S/c1-20-9-5-8(6-10(7-9)21-2)13(18)16-17-14(19)11-3-4-12(15)22-11/h3-7H,1-2H3,(H,16,18)(H,17,19). The molecule has 1 aromatic carbocycles. The molecule has 1 aromatic heterocycles. The van der Waals surface area contributed by atoms with Gasteiger partial charge in [-0.15, -0.1) is 11.3 Å². The van der Waals surface area contributed by atoms with Crippen molar-refractivity contribution in [1.82, 2.24) is 10.9 Å². The summed E-state index contributed by atoms with van der Waals surface area (Å²) in [5, 5.41) is 0. The Morgan fingerprint density at radius 3 is 2.09 bits per heavy atom. The zero-order valence-electron chi connectivity index (χ0n) is 11.8. The minimum atomic E-state index is -0.492. The first-order valence-corrected chi connectivity index (χ1v) is 7.32. The molecule has 2 N–H and O–H groups in total. The number of halogens is 1. The number of carbonyl (C=O) groups is 2. The molecule has 0 saturated carbocycles. The van der Waals surface area contributed by atoms with Crippen molar-refractivity contribution < 1.29 is 19.1 Å². The number of thiophene rings is 1. The van der Waals surface area contributed by atoms with Gasteiger partial charge >= 0.3 is 0 Å². The van der Waals surface area contributed by atoms with E-state index in [4.69, 9.17) is 21.1 Å². The average Bonchev–Trinajstić information content (AvgIpc) is 2.98. The summed E-state index contributed by atoms with van der Waals surface area (Å²) in [7, 11) is 2.97. The Morgan fingerprint density at radius 1 is 1.00 bits per heavy atom. The second-order valence-electron chi connectivity index (χ2n) is 4.11. The maximum absolute atomic E-state index is 12.1. The Kier molecular flexibility index (Phi) is 5.24. The predicted octanol–water partition coefficient (Wildman–Crippen LogP) is 2.49. The molecule has 0 bridgehead atoms. The maximum atomic E-state index is 12.1. The fraction of sp³-hybridized carbons (Fsp3) is 0.143. The summed E-state index contributed by atoms with van der Waals surface area (Å²) in [5.41, 5.74) is 4.93. The number of ether oxygens (including phenoxy) is 2. The number of methoxy groups -OCH3 is 2. The number of hydrogen-bond acceptors (Lipinski definition) is 5. The zero-order chi connectivity index (χ0) is 16.1. The van der Waals surface area contributed by atoms with E-state index >= 15 is 0 Å². The predicted molar refractivity (Wildman–Crippen MR) is 83.8 cm³/mol. The number of hydrazine groups is 1. The monoisotopic (exact) mass is 340 g/mol. The van der Waals surface area contributed by atoms with Gasteiger partial charge in [0.15, 0.2) is 0 Å². The summed E-state index contributed by atoms with van der Waals surface area (Å²) in [5.74, 6) is 0.00930. The van der Waals surface area contributed by atoms with Crippen molar-refractivity contribution in [2.75, 3.05) is 14.2 Å². The molecule has 2 rings (SSSR count). The minimum Gasteiger partial charge on any atom is -0.497 e. The van der Waals surface area contributed by atoms with Gasteiger partial charge in [0.2, 0.25) is 0 Å². The molecule has 2 amide bonds. The van der Waals surface area contributed by atoms with Gasteiger partial charge in [-0.3, -0.25) is 20.4 Å². The van der Waals surface area contributed by atoms with Gasteiger partial charge in [0, 0.05) is 11.6 Å². The van der Waals surface area contributed by atoms with E-state index in [9.17, 15) is 9.59 Å². The van der Waals surface area contributed by atoms with Crippen LogP contribution in [-0.2, 0) is 0 Å². The van der Waals surface area contributed by atoms with E-state index in [-0.39, 0.29) is 0 Å². The van der Waals surface area contributed by atoms with Crippen molar-refractivity contribution in [1.29, 1.82) is 0 Å². The van der Waals surface area contributed by atoms with Gasteiger partial charge in [0.05, 0.1) is 23.4 Å². The summed E-state index contributed by atoms with van der Waals surface area (Å²) >= 11 is 6.87. The number of nitrogens with one attached hydrogen (secondary N) is 2. The number of carbonyl (C=O) groups excluding carboxylic acids is 2. The molecular weight excluding hydrogens is 328 g/mol. The fourth-order valence-corrected chi connectivity index (χ4v) is 2.56. The summed E-state index contributed by atoms with van der Waals surface area (Å²) in [6.45, 7) is 0. The Labute approximate surface area is 136 Å². The third-order valence-corrected chi connectivity index (χ3v) is 3.93. The molecular formula is C14H13ClN2O4S. The van der Waals surface area contributed by atoms with Crippen molar-refractivity contribution in [2.45, 2.75) is 0 Å². The van der Waals surface area contributed by atoms with Crippen LogP contribution in [0.25, 0.3) is 0 Å². The van der Waals surface area contributed by atoms with Gasteiger partial charge in [-0.1, -0.05) is 11.6 Å². The second kappa shape index (κ2) is 7.15. The SMILES string of the molecule is COc1cc(OC)cc(C(=O)NNC(=O)c2ccc(Cl)s2)c1. The van der Waals surface area contributed by atoms with E-state index in [0.717, 1.165) is 11.3 Å². The van der Waals surface area contributed by atoms with Crippen molar-refractivity contribution in [3.63, 3.8) is 0 Å². The van der Waals surface area contributed by atoms with Gasteiger partial charge < -0.3 is 9.47 Å². The van der Waals surface area contributed by atoms with E-state index in [0.29, 0.717) is 26.3 Å². The van der Waals surface area contributed by atoms with Gasteiger partial charge in [0.1, 0.15) is 11.5 Å². The second-order valence-corrected chi connectivity index (χ2v) is 5.83. The van der Waals surface area contributed by atoms with Crippen LogP contribution in [0.3, 0.4) is 0 Å². The maximum Gasteiger partial charge on any atom is 0.279 e. The summed E-state index contributed by atoms with van der Waals surface area (Å²) in [6, 6.07) is 7.89. The fourth-order valence-electron chi connectivity index (χ4n) is 1.62. The third-order valence-electron chi connectivity index (χ3n) is 2.70. The first-order chi connectivity index (χ1) is 10.5. The lowest BCUT2D eigenvalue weighted by Crippen LogP contribution is -2.41. The van der Waals surface area contributed by atoms with Crippen LogP contribution >= 0.6 is 22.9 Å². The quantitative estimate of drug-likeness (QED) is 0.838. The lowest BCUT2D eigenvalue weighted by Gasteiger charge is -2.09. The van der Waals surface area contributed by atoms with Gasteiger partial charge in [-0.25, -0.2) is 0 Å². The molecule has 0 atom stereocenters. The van der Waals surface area contributed by atoms with Crippen LogP contribution in [0.2, 0.25) is 4.34 Å². The van der Waals surface area contributed by atoms with Crippen molar-refractivity contribution >= 4 is 34.8 Å². The van der Waals surface area contributed by atoms with E-state index in [1.165, 1.54) is 26.4 Å². The summed E-state index contributed by atoms with van der Waals surface area (Å²) < 4.78 is 10.7. The molecule has 116 valence electrons. The highest BCUT2D eigenvalue weighted by molar-refractivity contribution is 7.17. The van der Waals surface area contributed by atoms with Crippen LogP contribution in [-0.4, -0.2) is 26.0 Å². The molecule has 0 unspecified atom stereocenters. The van der Waals surface area contributed by atoms with Crippen molar-refractivity contribution in [3.8, 4) is 11.5 Å². The molecule has 0 aliphatic rings. The topological polar surface area (TPSA) is 76.7 Å². The van der Waals surface area contributed by atoms with E-state index in [2.05, 4.69) is 10.9 Å². The Balaban J connectivity index is 2.04. The molecule has 1 heterocycles. The Hall–Kier alpha value is -2.25. The summed E-state index contributed by atoms with van der Waals surface area (Å²) in [6.07, 6.45) is 0. The number of rotatable bonds is 4. The molecule has 2 aromatic rings. The number of benzene rings is 1. The van der Waals surface area contributed by atoms with E-state index in [1.807, 2.05) is 0 Å². The molecule has 0 saturated heterocycles. The molecule has 0 radical (unpaired) electrons. The first kappa shape index (κ1) is 16.1. The number of amides is 2. The van der Waals surface area contributed by atoms with E-state index in [1.54, 1.807) is 18.2 Å². The molecule has 0 fully saturated rings. The number of hydrogen-bond donors (Lipinski definition) is 2. The van der Waals surface area contributed by atoms with Gasteiger partial charge in [0.25, 0.3) is 11.8 Å². The zero-order valence-corrected chi connectivity index (χ0v) is 13.4. The van der Waals surface area contributed by atoms with Crippen LogP contribution in [0.15, 0.2) is 30.3 Å². The van der Waals surface area contributed by atoms with Crippen LogP contribution in [0.4, 0.5) is 0 Å². The van der Waals surface area contributed by atoms with Crippen LogP contribution in [0, 0.1) is 0 Å². The average molecular weight is 341 g/mol. The van der Waals surface area contributed by atoms with Crippen LogP contribution < -0.4 is 20.3 Å². The minimum absolute atomic E-state index is 0.292. The Bertz CT molecular complexity index is 680. The van der Waals surface area contributed by atoms with Gasteiger partial charge in [-0.2, -0.15) is 0 Å². The smallest absolute Gasteiger partial charge is 0.279 e. The van der Waals surface area contributed by atoms with Crippen LogP contribution in [0.1, 0.15) is 20.0 Å². The normalized spacial score (nSPS) is 9.95. The Morgan fingerprint density at radius 2 is 1.59 bits per heavy atom. The lowest BCUT2D eigenvalue weighted by molar-refractivity contribution is 0.0848. The first-order valence-electron chi connectivity index (χ1n) is 6.12. The third kappa shape index (κ3) is 3.90. The summed E-state index contributed by atoms with van der Waals surface area (Å²) in [4.78, 5) is 24.3. The van der Waals surface area contributed by atoms with E-state index < -0.39 is 11.8 Å². The largest absolute Gasteiger partial charge is 0.497 e. The van der Waals surface area contributed by atoms with Crippen molar-refractivity contribution in [3.05, 3.63) is 45.1 Å². The molecule has 22 heavy (non-hydrogen) atoms. The highest BCUT2D eigenvalue weighted by atomic mass is 35.5. The molecule has 8 heteroatoms. The van der Waals surface area contributed by atoms with Gasteiger partial charge in [-0.05, 0) is 24.3 Å². The molecule has 6 nitrogen and oxygen atoms in total. The lowest BCUT2D eigenvalue weighted by atomic mass is 10.2. The molecule has 0 aliphatic heterocycles. The highest BCUT2D eigenvalue weighted by Crippen LogP contribution is 2.22. The highest BCUT2D eigenvalue weighted by Gasteiger charge is 2.13. The van der Waals surface area contributed by atoms with Crippen LogP contribution in [0.5, 0.6) is 11.5 Å².